The first-order valence-electron chi connectivity index (χ1n) is 9.41. The van der Waals surface area contributed by atoms with Crippen molar-refractivity contribution >= 4 is 46.8 Å². The summed E-state index contributed by atoms with van der Waals surface area (Å²) in [6, 6.07) is 7.21. The van der Waals surface area contributed by atoms with Crippen molar-refractivity contribution in [1.82, 2.24) is 19.5 Å². The van der Waals surface area contributed by atoms with Gasteiger partial charge in [0.15, 0.2) is 11.2 Å². The van der Waals surface area contributed by atoms with Crippen molar-refractivity contribution < 1.29 is 32.6 Å². The first-order chi connectivity index (χ1) is 15.8. The van der Waals surface area contributed by atoms with Crippen LogP contribution >= 0.6 is 23.5 Å². The average molecular weight is 546 g/mol. The first kappa shape index (κ1) is 24.9. The van der Waals surface area contributed by atoms with Gasteiger partial charge < -0.3 is 29.0 Å². The molecule has 15 heteroatoms. The van der Waals surface area contributed by atoms with Crippen LogP contribution in [0.1, 0.15) is 5.56 Å². The molecular formula is C18H21BrN5O8P. The number of H-pyrrole nitrogens is 1. The van der Waals surface area contributed by atoms with Gasteiger partial charge in [-0.05, 0) is 17.7 Å². The van der Waals surface area contributed by atoms with Crippen molar-refractivity contribution in [3.8, 4) is 0 Å². The Kier molecular flexibility index (Phi) is 8.58. The number of carbonyl (C=O) groups excluding carboxylic acids is 1. The lowest BCUT2D eigenvalue weighted by Crippen LogP contribution is -2.14. The molecule has 33 heavy (non-hydrogen) atoms. The minimum Gasteiger partial charge on any atom is -0.438 e. The second-order valence-corrected chi connectivity index (χ2v) is 9.37. The highest BCUT2D eigenvalue weighted by Gasteiger charge is 2.26. The predicted molar refractivity (Wildman–Crippen MR) is 119 cm³/mol. The van der Waals surface area contributed by atoms with Crippen LogP contribution in [0.2, 0.25) is 0 Å². The molecule has 0 saturated carbocycles. The van der Waals surface area contributed by atoms with Gasteiger partial charge >= 0.3 is 13.8 Å². The lowest BCUT2D eigenvalue weighted by Gasteiger charge is -2.18. The summed E-state index contributed by atoms with van der Waals surface area (Å²) in [4.78, 5) is 33.4. The Morgan fingerprint density at radius 1 is 1.33 bits per heavy atom. The van der Waals surface area contributed by atoms with Gasteiger partial charge in [-0.3, -0.25) is 18.9 Å². The minimum absolute atomic E-state index is 0.0313. The molecule has 0 saturated heterocycles. The fourth-order valence-electron chi connectivity index (χ4n) is 2.60. The Bertz CT molecular complexity index is 1220. The molecule has 0 spiro atoms. The maximum atomic E-state index is 13.1. The smallest absolute Gasteiger partial charge is 0.438 e. The fourth-order valence-corrected chi connectivity index (χ4v) is 4.18. The third kappa shape index (κ3) is 7.11. The van der Waals surface area contributed by atoms with Gasteiger partial charge in [0, 0.05) is 11.0 Å². The monoisotopic (exact) mass is 545 g/mol. The normalized spacial score (nSPS) is 13.0. The molecule has 0 aliphatic rings. The number of aromatic amines is 1. The molecule has 0 fully saturated rings. The first-order valence-corrected chi connectivity index (χ1v) is 11.9. The molecule has 1 unspecified atom stereocenters. The summed E-state index contributed by atoms with van der Waals surface area (Å²) in [5.41, 5.74) is 6.28. The largest absolute Gasteiger partial charge is 0.510 e. The van der Waals surface area contributed by atoms with Crippen molar-refractivity contribution in [3.05, 3.63) is 51.0 Å². The van der Waals surface area contributed by atoms with Gasteiger partial charge in [0.25, 0.3) is 5.56 Å². The lowest BCUT2D eigenvalue weighted by atomic mass is 10.2. The van der Waals surface area contributed by atoms with E-state index >= 15 is 0 Å². The second-order valence-electron chi connectivity index (χ2n) is 6.46. The van der Waals surface area contributed by atoms with E-state index in [-0.39, 0.29) is 36.9 Å². The number of hydrogen-bond donors (Lipinski definition) is 2. The number of methoxy groups -OCH3 is 1. The van der Waals surface area contributed by atoms with Crippen LogP contribution in [0.3, 0.4) is 0 Å². The zero-order valence-electron chi connectivity index (χ0n) is 17.4. The Morgan fingerprint density at radius 2 is 2.15 bits per heavy atom. The molecule has 13 nitrogen and oxygen atoms in total. The number of anilines is 1. The number of nitrogen functional groups attached to an aromatic ring is 1. The number of ether oxygens (including phenoxy) is 3. The minimum atomic E-state index is -3.82. The summed E-state index contributed by atoms with van der Waals surface area (Å²) in [5, 5.41) is 0. The molecule has 0 aliphatic heterocycles. The Labute approximate surface area is 195 Å². The number of imidazole rings is 1. The number of halogens is 1. The van der Waals surface area contributed by atoms with Gasteiger partial charge in [-0.15, -0.1) is 0 Å². The number of nitrogens with one attached hydrogen (secondary N) is 1. The molecule has 0 bridgehead atoms. The Hall–Kier alpha value is -2.77. The third-order valence-corrected chi connectivity index (χ3v) is 6.14. The summed E-state index contributed by atoms with van der Waals surface area (Å²) >= 11 is 3.35. The fraction of sp³-hybridized carbons (Fsp3) is 0.333. The number of aromatic nitrogens is 4. The number of carbonyl (C=O) groups is 1. The number of fused-ring (bicyclic) bond motifs is 1. The van der Waals surface area contributed by atoms with Gasteiger partial charge in [-0.1, -0.05) is 28.1 Å². The van der Waals surface area contributed by atoms with E-state index in [0.717, 1.165) is 17.1 Å². The number of benzene rings is 1. The van der Waals surface area contributed by atoms with Crippen molar-refractivity contribution in [2.45, 2.75) is 13.2 Å². The van der Waals surface area contributed by atoms with E-state index in [9.17, 15) is 14.2 Å². The van der Waals surface area contributed by atoms with Gasteiger partial charge in [-0.2, -0.15) is 4.98 Å². The molecule has 178 valence electrons. The second kappa shape index (κ2) is 11.4. The maximum Gasteiger partial charge on any atom is 0.510 e. The van der Waals surface area contributed by atoms with E-state index in [0.29, 0.717) is 0 Å². The van der Waals surface area contributed by atoms with Crippen LogP contribution in [0.5, 0.6) is 0 Å². The maximum absolute atomic E-state index is 13.1. The quantitative estimate of drug-likeness (QED) is 0.157. The van der Waals surface area contributed by atoms with E-state index in [1.165, 1.54) is 6.33 Å². The van der Waals surface area contributed by atoms with Crippen LogP contribution in [0.15, 0.2) is 39.9 Å². The SMILES string of the molecule is COC(=O)OCOP(=O)(COCCn1cnc2c(=O)[nH]c(N)nc21)OCc1cccc(Br)c1. The molecule has 3 N–H and O–H groups in total. The zero-order chi connectivity index (χ0) is 23.8. The summed E-state index contributed by atoms with van der Waals surface area (Å²) in [6.45, 7) is -0.387. The molecule has 0 aliphatic carbocycles. The van der Waals surface area contributed by atoms with E-state index < -0.39 is 32.5 Å². The molecule has 2 aromatic heterocycles. The van der Waals surface area contributed by atoms with Crippen molar-refractivity contribution in [1.29, 1.82) is 0 Å². The number of rotatable bonds is 11. The van der Waals surface area contributed by atoms with Crippen LogP contribution in [-0.4, -0.2) is 52.5 Å². The van der Waals surface area contributed by atoms with Gasteiger partial charge in [0.2, 0.25) is 12.7 Å². The highest BCUT2D eigenvalue weighted by molar-refractivity contribution is 9.10. The van der Waals surface area contributed by atoms with Crippen molar-refractivity contribution in [2.24, 2.45) is 0 Å². The molecule has 3 rings (SSSR count). The van der Waals surface area contributed by atoms with Gasteiger partial charge in [0.1, 0.15) is 6.35 Å². The van der Waals surface area contributed by atoms with E-state index in [2.05, 4.69) is 40.4 Å². The molecule has 2 heterocycles. The molecule has 0 amide bonds. The average Bonchev–Trinajstić information content (AvgIpc) is 3.18. The van der Waals surface area contributed by atoms with Crippen molar-refractivity contribution in [3.63, 3.8) is 0 Å². The number of nitrogens with two attached hydrogens (primary N) is 1. The zero-order valence-corrected chi connectivity index (χ0v) is 19.9. The Balaban J connectivity index is 1.59. The molecule has 3 aromatic rings. The molecule has 1 aromatic carbocycles. The summed E-state index contributed by atoms with van der Waals surface area (Å²) in [5.74, 6) is -0.0420. The number of hydrogen-bond acceptors (Lipinski definition) is 11. The highest BCUT2D eigenvalue weighted by atomic mass is 79.9. The topological polar surface area (TPSA) is 170 Å². The Morgan fingerprint density at radius 3 is 2.91 bits per heavy atom. The molecule has 0 radical (unpaired) electrons. The van der Waals surface area contributed by atoms with Gasteiger partial charge in [-0.25, -0.2) is 9.78 Å². The summed E-state index contributed by atoms with van der Waals surface area (Å²) in [7, 11) is -2.69. The number of nitrogens with zero attached hydrogens (tertiary/aromatic N) is 3. The molecular weight excluding hydrogens is 525 g/mol. The standard InChI is InChI=1S/C18H21BrN5O8P/c1-28-18(26)30-10-32-33(27,31-8-12-3-2-4-13(19)7-12)11-29-6-5-24-9-21-14-15(24)22-17(20)23-16(14)25/h2-4,7,9H,5-6,8,10-11H2,1H3,(H3,20,22,23,25). The van der Waals surface area contributed by atoms with Crippen LogP contribution < -0.4 is 11.3 Å². The van der Waals surface area contributed by atoms with Crippen LogP contribution in [0, 0.1) is 0 Å². The summed E-state index contributed by atoms with van der Waals surface area (Å²) in [6.07, 6.45) is -0.00291. The van der Waals surface area contributed by atoms with Crippen LogP contribution in [0.4, 0.5) is 10.7 Å². The third-order valence-electron chi connectivity index (χ3n) is 4.13. The van der Waals surface area contributed by atoms with E-state index in [1.807, 2.05) is 6.07 Å². The predicted octanol–water partition coefficient (Wildman–Crippen LogP) is 2.61. The summed E-state index contributed by atoms with van der Waals surface area (Å²) < 4.78 is 40.6. The van der Waals surface area contributed by atoms with Crippen LogP contribution in [-0.2, 0) is 41.0 Å². The van der Waals surface area contributed by atoms with Gasteiger partial charge in [0.05, 0.1) is 26.7 Å². The van der Waals surface area contributed by atoms with E-state index in [1.54, 1.807) is 22.8 Å². The van der Waals surface area contributed by atoms with E-state index in [4.69, 9.17) is 19.5 Å². The van der Waals surface area contributed by atoms with Crippen molar-refractivity contribution in [2.75, 3.05) is 32.6 Å². The lowest BCUT2D eigenvalue weighted by molar-refractivity contribution is 0.00268. The molecule has 1 atom stereocenters. The van der Waals surface area contributed by atoms with Crippen LogP contribution in [0.25, 0.3) is 11.2 Å². The highest BCUT2D eigenvalue weighted by Crippen LogP contribution is 2.49.